The van der Waals surface area contributed by atoms with Gasteiger partial charge in [-0.3, -0.25) is 9.48 Å². The standard InChI is InChI=1S/C18H20ClN3O2/c19-14-6-4-13(5-7-14)17-11-22-15(12-24-17)10-16(20-22)18(23)21-8-2-1-3-9-21/h4-7,10,17H,1-3,8-9,11-12H2/t17-/m1/s1. The molecule has 1 saturated heterocycles. The zero-order valence-electron chi connectivity index (χ0n) is 13.4. The first kappa shape index (κ1) is 15.7. The molecule has 126 valence electrons. The summed E-state index contributed by atoms with van der Waals surface area (Å²) in [5.41, 5.74) is 2.57. The van der Waals surface area contributed by atoms with Crippen molar-refractivity contribution in [2.24, 2.45) is 0 Å². The van der Waals surface area contributed by atoms with E-state index < -0.39 is 0 Å². The highest BCUT2D eigenvalue weighted by atomic mass is 35.5. The summed E-state index contributed by atoms with van der Waals surface area (Å²) in [7, 11) is 0. The van der Waals surface area contributed by atoms with E-state index in [9.17, 15) is 4.79 Å². The number of halogens is 1. The second-order valence-corrected chi connectivity index (χ2v) is 6.84. The van der Waals surface area contributed by atoms with Crippen LogP contribution in [0, 0.1) is 0 Å². The van der Waals surface area contributed by atoms with Crippen molar-refractivity contribution >= 4 is 17.5 Å². The maximum absolute atomic E-state index is 12.6. The summed E-state index contributed by atoms with van der Waals surface area (Å²) in [6.45, 7) is 2.76. The number of ether oxygens (including phenoxy) is 1. The highest BCUT2D eigenvalue weighted by Crippen LogP contribution is 2.27. The number of benzene rings is 1. The molecule has 5 nitrogen and oxygen atoms in total. The molecule has 1 atom stereocenters. The van der Waals surface area contributed by atoms with Gasteiger partial charge in [-0.25, -0.2) is 0 Å². The molecule has 0 spiro atoms. The van der Waals surface area contributed by atoms with Crippen LogP contribution in [-0.4, -0.2) is 33.7 Å². The number of fused-ring (bicyclic) bond motifs is 1. The monoisotopic (exact) mass is 345 g/mol. The van der Waals surface area contributed by atoms with Gasteiger partial charge in [-0.2, -0.15) is 5.10 Å². The number of carbonyl (C=O) groups excluding carboxylic acids is 1. The minimum absolute atomic E-state index is 0.0413. The molecule has 0 saturated carbocycles. The van der Waals surface area contributed by atoms with Crippen LogP contribution in [-0.2, 0) is 17.9 Å². The van der Waals surface area contributed by atoms with E-state index in [0.717, 1.165) is 37.2 Å². The largest absolute Gasteiger partial charge is 0.365 e. The summed E-state index contributed by atoms with van der Waals surface area (Å²) >= 11 is 5.94. The van der Waals surface area contributed by atoms with Gasteiger partial charge in [0.2, 0.25) is 0 Å². The normalized spacial score (nSPS) is 20.7. The van der Waals surface area contributed by atoms with E-state index in [1.54, 1.807) is 0 Å². The molecule has 0 radical (unpaired) electrons. The Labute approximate surface area is 146 Å². The molecule has 0 bridgehead atoms. The number of hydrogen-bond acceptors (Lipinski definition) is 3. The minimum Gasteiger partial charge on any atom is -0.365 e. The first-order valence-electron chi connectivity index (χ1n) is 8.44. The topological polar surface area (TPSA) is 47.4 Å². The summed E-state index contributed by atoms with van der Waals surface area (Å²) in [5, 5.41) is 5.25. The smallest absolute Gasteiger partial charge is 0.274 e. The van der Waals surface area contributed by atoms with E-state index >= 15 is 0 Å². The van der Waals surface area contributed by atoms with Crippen LogP contribution in [0.25, 0.3) is 0 Å². The first-order valence-corrected chi connectivity index (χ1v) is 8.81. The number of aromatic nitrogens is 2. The first-order chi connectivity index (χ1) is 11.7. The second kappa shape index (κ2) is 6.57. The Bertz CT molecular complexity index is 735. The molecule has 0 N–H and O–H groups in total. The highest BCUT2D eigenvalue weighted by Gasteiger charge is 2.26. The maximum Gasteiger partial charge on any atom is 0.274 e. The molecule has 1 aromatic carbocycles. The lowest BCUT2D eigenvalue weighted by molar-refractivity contribution is -0.00121. The van der Waals surface area contributed by atoms with E-state index in [1.807, 2.05) is 39.9 Å². The number of rotatable bonds is 2. The summed E-state index contributed by atoms with van der Waals surface area (Å²) in [6.07, 6.45) is 3.31. The van der Waals surface area contributed by atoms with E-state index in [-0.39, 0.29) is 12.0 Å². The van der Waals surface area contributed by atoms with Gasteiger partial charge in [0.15, 0.2) is 5.69 Å². The lowest BCUT2D eigenvalue weighted by Crippen LogP contribution is -2.35. The van der Waals surface area contributed by atoms with Crippen LogP contribution in [0.4, 0.5) is 0 Å². The molecule has 4 rings (SSSR count). The van der Waals surface area contributed by atoms with Gasteiger partial charge in [0.1, 0.15) is 6.10 Å². The summed E-state index contributed by atoms with van der Waals surface area (Å²) in [6, 6.07) is 9.55. The fourth-order valence-corrected chi connectivity index (χ4v) is 3.49. The lowest BCUT2D eigenvalue weighted by atomic mass is 10.1. The van der Waals surface area contributed by atoms with Crippen molar-refractivity contribution in [3.63, 3.8) is 0 Å². The summed E-state index contributed by atoms with van der Waals surface area (Å²) < 4.78 is 7.84. The molecule has 0 aliphatic carbocycles. The van der Waals surface area contributed by atoms with Crippen molar-refractivity contribution in [1.29, 1.82) is 0 Å². The molecular formula is C18H20ClN3O2. The van der Waals surface area contributed by atoms with Gasteiger partial charge in [-0.15, -0.1) is 0 Å². The maximum atomic E-state index is 12.6. The van der Waals surface area contributed by atoms with Gasteiger partial charge in [0.25, 0.3) is 5.91 Å². The predicted molar refractivity (Wildman–Crippen MR) is 91.0 cm³/mol. The predicted octanol–water partition coefficient (Wildman–Crippen LogP) is 3.43. The molecule has 2 aliphatic rings. The zero-order valence-corrected chi connectivity index (χ0v) is 14.2. The molecule has 1 fully saturated rings. The van der Waals surface area contributed by atoms with Gasteiger partial charge in [0.05, 0.1) is 18.8 Å². The van der Waals surface area contributed by atoms with Gasteiger partial charge in [-0.05, 0) is 43.0 Å². The minimum atomic E-state index is -0.0624. The van der Waals surface area contributed by atoms with Gasteiger partial charge < -0.3 is 9.64 Å². The molecule has 2 aliphatic heterocycles. The average Bonchev–Trinajstić information content (AvgIpc) is 3.05. The Kier molecular flexibility index (Phi) is 4.29. The molecule has 2 aromatic rings. The van der Waals surface area contributed by atoms with Crippen LogP contribution in [0.1, 0.15) is 47.1 Å². The molecular weight excluding hydrogens is 326 g/mol. The van der Waals surface area contributed by atoms with Gasteiger partial charge >= 0.3 is 0 Å². The van der Waals surface area contributed by atoms with Crippen molar-refractivity contribution in [2.45, 2.75) is 38.5 Å². The summed E-state index contributed by atoms with van der Waals surface area (Å²) in [5.74, 6) is 0.0413. The van der Waals surface area contributed by atoms with Crippen molar-refractivity contribution in [2.75, 3.05) is 13.1 Å². The average molecular weight is 346 g/mol. The number of nitrogens with zero attached hydrogens (tertiary/aromatic N) is 3. The van der Waals surface area contributed by atoms with Gasteiger partial charge in [-0.1, -0.05) is 23.7 Å². The van der Waals surface area contributed by atoms with Crippen LogP contribution in [0.3, 0.4) is 0 Å². The second-order valence-electron chi connectivity index (χ2n) is 6.41. The summed E-state index contributed by atoms with van der Waals surface area (Å²) in [4.78, 5) is 14.5. The number of hydrogen-bond donors (Lipinski definition) is 0. The highest BCUT2D eigenvalue weighted by molar-refractivity contribution is 6.30. The lowest BCUT2D eigenvalue weighted by Gasteiger charge is -2.25. The molecule has 3 heterocycles. The Morgan fingerprint density at radius 2 is 1.92 bits per heavy atom. The van der Waals surface area contributed by atoms with E-state index in [0.29, 0.717) is 23.9 Å². The number of piperidine rings is 1. The Morgan fingerprint density at radius 3 is 2.67 bits per heavy atom. The van der Waals surface area contributed by atoms with Crippen LogP contribution in [0.5, 0.6) is 0 Å². The van der Waals surface area contributed by atoms with Crippen molar-refractivity contribution in [3.05, 3.63) is 52.3 Å². The Balaban J connectivity index is 1.51. The quantitative estimate of drug-likeness (QED) is 0.837. The third kappa shape index (κ3) is 3.06. The SMILES string of the molecule is O=C(c1cc2n(n1)C[C@H](c1ccc(Cl)cc1)OC2)N1CCCCC1. The number of carbonyl (C=O) groups is 1. The molecule has 0 unspecified atom stereocenters. The third-order valence-corrected chi connectivity index (χ3v) is 4.99. The van der Waals surface area contributed by atoms with Crippen LogP contribution < -0.4 is 0 Å². The molecule has 1 amide bonds. The number of likely N-dealkylation sites (tertiary alicyclic amines) is 1. The van der Waals surface area contributed by atoms with Crippen molar-refractivity contribution < 1.29 is 9.53 Å². The Hall–Kier alpha value is -1.85. The number of amides is 1. The third-order valence-electron chi connectivity index (χ3n) is 4.74. The van der Waals surface area contributed by atoms with E-state index in [1.165, 1.54) is 6.42 Å². The fraction of sp³-hybridized carbons (Fsp3) is 0.444. The van der Waals surface area contributed by atoms with Crippen molar-refractivity contribution in [1.82, 2.24) is 14.7 Å². The van der Waals surface area contributed by atoms with Gasteiger partial charge in [0, 0.05) is 18.1 Å². The van der Waals surface area contributed by atoms with E-state index in [4.69, 9.17) is 16.3 Å². The Morgan fingerprint density at radius 1 is 1.17 bits per heavy atom. The molecule has 1 aromatic heterocycles. The van der Waals surface area contributed by atoms with Crippen LogP contribution in [0.15, 0.2) is 30.3 Å². The fourth-order valence-electron chi connectivity index (χ4n) is 3.37. The van der Waals surface area contributed by atoms with E-state index in [2.05, 4.69) is 5.10 Å². The van der Waals surface area contributed by atoms with Crippen molar-refractivity contribution in [3.8, 4) is 0 Å². The van der Waals surface area contributed by atoms with Crippen LogP contribution in [0.2, 0.25) is 5.02 Å². The molecule has 24 heavy (non-hydrogen) atoms. The molecule has 6 heteroatoms. The zero-order chi connectivity index (χ0) is 16.5. The van der Waals surface area contributed by atoms with Crippen LogP contribution >= 0.6 is 11.6 Å².